The Labute approximate surface area is 117 Å². The molecular formula is C16H17F2NO. The van der Waals surface area contributed by atoms with Crippen LogP contribution in [0.2, 0.25) is 0 Å². The van der Waals surface area contributed by atoms with Crippen molar-refractivity contribution in [3.63, 3.8) is 0 Å². The van der Waals surface area contributed by atoms with E-state index in [1.54, 1.807) is 32.0 Å². The van der Waals surface area contributed by atoms with Crippen LogP contribution in [-0.2, 0) is 6.42 Å². The summed E-state index contributed by atoms with van der Waals surface area (Å²) >= 11 is 0. The number of halogens is 2. The first-order valence-electron chi connectivity index (χ1n) is 6.44. The lowest BCUT2D eigenvalue weighted by molar-refractivity contribution is 0.456. The second kappa shape index (κ2) is 6.01. The normalized spacial score (nSPS) is 12.2. The summed E-state index contributed by atoms with van der Waals surface area (Å²) in [5.74, 6) is -0.0119. The molecule has 0 saturated carbocycles. The first kappa shape index (κ1) is 14.5. The van der Waals surface area contributed by atoms with Gasteiger partial charge in [-0.2, -0.15) is 0 Å². The van der Waals surface area contributed by atoms with E-state index in [1.165, 1.54) is 18.2 Å². The molecule has 2 rings (SSSR count). The Hall–Kier alpha value is -1.94. The highest BCUT2D eigenvalue weighted by Gasteiger charge is 2.13. The largest absolute Gasteiger partial charge is 0.457 e. The van der Waals surface area contributed by atoms with Crippen molar-refractivity contribution in [1.82, 2.24) is 0 Å². The molecule has 4 heteroatoms. The van der Waals surface area contributed by atoms with Gasteiger partial charge in [-0.3, -0.25) is 0 Å². The third-order valence-electron chi connectivity index (χ3n) is 2.97. The van der Waals surface area contributed by atoms with Gasteiger partial charge in [0.25, 0.3) is 0 Å². The van der Waals surface area contributed by atoms with Gasteiger partial charge in [-0.15, -0.1) is 0 Å². The minimum Gasteiger partial charge on any atom is -0.457 e. The molecular weight excluding hydrogens is 260 g/mol. The van der Waals surface area contributed by atoms with Gasteiger partial charge in [0, 0.05) is 17.7 Å². The first-order valence-corrected chi connectivity index (χ1v) is 6.44. The van der Waals surface area contributed by atoms with Gasteiger partial charge in [0.05, 0.1) is 0 Å². The summed E-state index contributed by atoms with van der Waals surface area (Å²) in [5.41, 5.74) is 6.92. The van der Waals surface area contributed by atoms with Gasteiger partial charge < -0.3 is 10.5 Å². The Morgan fingerprint density at radius 2 is 1.90 bits per heavy atom. The summed E-state index contributed by atoms with van der Waals surface area (Å²) in [4.78, 5) is 0. The van der Waals surface area contributed by atoms with Crippen molar-refractivity contribution in [2.24, 2.45) is 5.73 Å². The molecule has 1 unspecified atom stereocenters. The number of hydrogen-bond acceptors (Lipinski definition) is 2. The Morgan fingerprint density at radius 3 is 2.60 bits per heavy atom. The first-order chi connectivity index (χ1) is 9.47. The molecule has 0 amide bonds. The van der Waals surface area contributed by atoms with E-state index >= 15 is 0 Å². The van der Waals surface area contributed by atoms with Crippen molar-refractivity contribution in [3.8, 4) is 11.5 Å². The van der Waals surface area contributed by atoms with Gasteiger partial charge >= 0.3 is 0 Å². The lowest BCUT2D eigenvalue weighted by Crippen LogP contribution is -2.19. The van der Waals surface area contributed by atoms with Crippen molar-refractivity contribution in [1.29, 1.82) is 0 Å². The Balaban J connectivity index is 2.38. The molecule has 0 aliphatic rings. The molecule has 106 valence electrons. The second-order valence-corrected chi connectivity index (χ2v) is 4.91. The summed E-state index contributed by atoms with van der Waals surface area (Å²) in [6, 6.07) is 8.66. The molecule has 0 heterocycles. The van der Waals surface area contributed by atoms with E-state index in [0.29, 0.717) is 23.5 Å². The fourth-order valence-corrected chi connectivity index (χ4v) is 1.96. The Morgan fingerprint density at radius 1 is 1.15 bits per heavy atom. The van der Waals surface area contributed by atoms with Crippen molar-refractivity contribution < 1.29 is 13.5 Å². The molecule has 0 spiro atoms. The molecule has 2 aromatic carbocycles. The van der Waals surface area contributed by atoms with Crippen LogP contribution in [0.3, 0.4) is 0 Å². The summed E-state index contributed by atoms with van der Waals surface area (Å²) in [7, 11) is 0. The Bertz CT molecular complexity index is 611. The predicted molar refractivity (Wildman–Crippen MR) is 75.0 cm³/mol. The van der Waals surface area contributed by atoms with Crippen LogP contribution in [-0.4, -0.2) is 6.04 Å². The average Bonchev–Trinajstić information content (AvgIpc) is 2.37. The van der Waals surface area contributed by atoms with Crippen molar-refractivity contribution in [2.45, 2.75) is 26.3 Å². The van der Waals surface area contributed by atoms with Crippen LogP contribution >= 0.6 is 0 Å². The number of benzene rings is 2. The maximum Gasteiger partial charge on any atom is 0.133 e. The molecule has 0 aromatic heterocycles. The number of rotatable bonds is 4. The van der Waals surface area contributed by atoms with Crippen molar-refractivity contribution in [2.75, 3.05) is 0 Å². The summed E-state index contributed by atoms with van der Waals surface area (Å²) in [6.45, 7) is 3.60. The van der Waals surface area contributed by atoms with Gasteiger partial charge in [0.2, 0.25) is 0 Å². The van der Waals surface area contributed by atoms with Gasteiger partial charge in [-0.05, 0) is 44.0 Å². The molecule has 0 aliphatic heterocycles. The molecule has 2 aromatic rings. The second-order valence-electron chi connectivity index (χ2n) is 4.91. The highest BCUT2D eigenvalue weighted by molar-refractivity contribution is 5.42. The van der Waals surface area contributed by atoms with E-state index in [2.05, 4.69) is 0 Å². The molecule has 2 nitrogen and oxygen atoms in total. The number of ether oxygens (including phenoxy) is 1. The molecule has 20 heavy (non-hydrogen) atoms. The van der Waals surface area contributed by atoms with Gasteiger partial charge in [0.1, 0.15) is 23.1 Å². The molecule has 0 fully saturated rings. The number of hydrogen-bond donors (Lipinski definition) is 1. The Kier molecular flexibility index (Phi) is 4.35. The zero-order valence-electron chi connectivity index (χ0n) is 11.5. The van der Waals surface area contributed by atoms with Crippen LogP contribution in [0.1, 0.15) is 18.1 Å². The highest BCUT2D eigenvalue weighted by Crippen LogP contribution is 2.30. The maximum atomic E-state index is 13.9. The minimum absolute atomic E-state index is 0.192. The van der Waals surface area contributed by atoms with E-state index in [4.69, 9.17) is 10.5 Å². The summed E-state index contributed by atoms with van der Waals surface area (Å²) in [6.07, 6.45) is 0.358. The van der Waals surface area contributed by atoms with Crippen LogP contribution in [0.4, 0.5) is 8.78 Å². The maximum absolute atomic E-state index is 13.9. The van der Waals surface area contributed by atoms with Crippen LogP contribution in [0, 0.1) is 18.6 Å². The molecule has 2 N–H and O–H groups in total. The standard InChI is InChI=1S/C16H17F2NO/c1-10-6-7-12(17)9-16(10)20-15-5-3-4-14(18)13(15)8-11(2)19/h3-7,9,11H,8,19H2,1-2H3. The molecule has 0 radical (unpaired) electrons. The van der Waals surface area contributed by atoms with Gasteiger partial charge in [-0.25, -0.2) is 8.78 Å². The van der Waals surface area contributed by atoms with E-state index < -0.39 is 5.82 Å². The highest BCUT2D eigenvalue weighted by atomic mass is 19.1. The fourth-order valence-electron chi connectivity index (χ4n) is 1.96. The minimum atomic E-state index is -0.393. The van der Waals surface area contributed by atoms with E-state index in [9.17, 15) is 8.78 Å². The van der Waals surface area contributed by atoms with Crippen molar-refractivity contribution >= 4 is 0 Å². The van der Waals surface area contributed by atoms with Crippen LogP contribution in [0.15, 0.2) is 36.4 Å². The quantitative estimate of drug-likeness (QED) is 0.918. The van der Waals surface area contributed by atoms with Crippen LogP contribution < -0.4 is 10.5 Å². The van der Waals surface area contributed by atoms with Gasteiger partial charge in [-0.1, -0.05) is 12.1 Å². The zero-order valence-corrected chi connectivity index (χ0v) is 11.5. The number of aryl methyl sites for hydroxylation is 1. The smallest absolute Gasteiger partial charge is 0.133 e. The molecule has 0 aliphatic carbocycles. The predicted octanol–water partition coefficient (Wildman–Crippen LogP) is 3.96. The monoisotopic (exact) mass is 277 g/mol. The summed E-state index contributed by atoms with van der Waals surface area (Å²) < 4.78 is 32.8. The van der Waals surface area contributed by atoms with E-state index in [0.717, 1.165) is 5.56 Å². The molecule has 0 saturated heterocycles. The molecule has 0 bridgehead atoms. The van der Waals surface area contributed by atoms with Crippen LogP contribution in [0.25, 0.3) is 0 Å². The average molecular weight is 277 g/mol. The third-order valence-corrected chi connectivity index (χ3v) is 2.97. The topological polar surface area (TPSA) is 35.2 Å². The van der Waals surface area contributed by atoms with E-state index in [-0.39, 0.29) is 11.9 Å². The van der Waals surface area contributed by atoms with E-state index in [1.807, 2.05) is 0 Å². The van der Waals surface area contributed by atoms with Crippen LogP contribution in [0.5, 0.6) is 11.5 Å². The molecule has 1 atom stereocenters. The lowest BCUT2D eigenvalue weighted by atomic mass is 10.1. The fraction of sp³-hybridized carbons (Fsp3) is 0.250. The lowest BCUT2D eigenvalue weighted by Gasteiger charge is -2.15. The van der Waals surface area contributed by atoms with Crippen molar-refractivity contribution in [3.05, 3.63) is 59.2 Å². The third kappa shape index (κ3) is 3.33. The van der Waals surface area contributed by atoms with Gasteiger partial charge in [0.15, 0.2) is 0 Å². The summed E-state index contributed by atoms with van der Waals surface area (Å²) in [5, 5.41) is 0. The SMILES string of the molecule is Cc1ccc(F)cc1Oc1cccc(F)c1CC(C)N. The number of nitrogens with two attached hydrogens (primary N) is 1. The zero-order chi connectivity index (χ0) is 14.7.